The van der Waals surface area contributed by atoms with Gasteiger partial charge in [0, 0.05) is 6.07 Å². The summed E-state index contributed by atoms with van der Waals surface area (Å²) in [5, 5.41) is 0. The van der Waals surface area contributed by atoms with Crippen molar-refractivity contribution in [2.24, 2.45) is 5.73 Å². The van der Waals surface area contributed by atoms with Crippen LogP contribution in [0.3, 0.4) is 0 Å². The van der Waals surface area contributed by atoms with Crippen molar-refractivity contribution in [3.63, 3.8) is 0 Å². The van der Waals surface area contributed by atoms with E-state index in [0.717, 1.165) is 24.3 Å². The van der Waals surface area contributed by atoms with Crippen LogP contribution in [0.15, 0.2) is 18.2 Å². The highest BCUT2D eigenvalue weighted by Crippen LogP contribution is 2.13. The van der Waals surface area contributed by atoms with Gasteiger partial charge in [-0.15, -0.1) is 0 Å². The van der Waals surface area contributed by atoms with E-state index in [1.54, 1.807) is 0 Å². The molecule has 0 bridgehead atoms. The van der Waals surface area contributed by atoms with E-state index < -0.39 is 20.4 Å². The van der Waals surface area contributed by atoms with Crippen LogP contribution in [0.25, 0.3) is 0 Å². The Bertz CT molecular complexity index is 313. The fourth-order valence-electron chi connectivity index (χ4n) is 1.46. The summed E-state index contributed by atoms with van der Waals surface area (Å²) in [6, 6.07) is 5.83. The van der Waals surface area contributed by atoms with Crippen molar-refractivity contribution >= 4 is 8.80 Å². The van der Waals surface area contributed by atoms with E-state index >= 15 is 0 Å². The third-order valence-corrected chi connectivity index (χ3v) is 5.09. The molecular weight excluding hydrogens is 212 g/mol. The van der Waals surface area contributed by atoms with Gasteiger partial charge in [0.25, 0.3) is 0 Å². The third kappa shape index (κ3) is 3.72. The zero-order valence-corrected chi connectivity index (χ0v) is 9.89. The number of hydrogen-bond donors (Lipinski definition) is 1. The van der Waals surface area contributed by atoms with Crippen molar-refractivity contribution in [2.45, 2.75) is 25.4 Å². The molecule has 0 spiro atoms. The van der Waals surface area contributed by atoms with E-state index in [1.165, 1.54) is 12.1 Å². The molecule has 2 N–H and O–H groups in total. The summed E-state index contributed by atoms with van der Waals surface area (Å²) in [5.74, 6) is -0.958. The first-order valence-electron chi connectivity index (χ1n) is 5.15. The van der Waals surface area contributed by atoms with E-state index in [1.807, 2.05) is 0 Å². The first-order valence-corrected chi connectivity index (χ1v) is 7.27. The molecular formula is C11H16F2NSi. The summed E-state index contributed by atoms with van der Waals surface area (Å²) < 4.78 is 25.9. The first-order chi connectivity index (χ1) is 7.17. The first kappa shape index (κ1) is 12.3. The lowest BCUT2D eigenvalue weighted by molar-refractivity contribution is 0.573. The number of rotatable bonds is 5. The van der Waals surface area contributed by atoms with Gasteiger partial charge in [-0.25, -0.2) is 8.78 Å². The van der Waals surface area contributed by atoms with Crippen LogP contribution < -0.4 is 5.73 Å². The summed E-state index contributed by atoms with van der Waals surface area (Å²) in [6.45, 7) is 2.11. The second-order valence-electron chi connectivity index (χ2n) is 3.54. The fourth-order valence-corrected chi connectivity index (χ4v) is 2.93. The van der Waals surface area contributed by atoms with Gasteiger partial charge in [-0.05, 0) is 24.2 Å². The van der Waals surface area contributed by atoms with Crippen molar-refractivity contribution in [3.05, 3.63) is 35.4 Å². The predicted molar refractivity (Wildman–Crippen MR) is 60.2 cm³/mol. The molecule has 0 saturated carbocycles. The molecule has 83 valence electrons. The predicted octanol–water partition coefficient (Wildman–Crippen LogP) is 2.52. The van der Waals surface area contributed by atoms with Gasteiger partial charge in [0.05, 0.1) is 8.80 Å². The van der Waals surface area contributed by atoms with Gasteiger partial charge >= 0.3 is 0 Å². The Balaban J connectivity index is 2.57. The topological polar surface area (TPSA) is 26.0 Å². The number of nitrogens with two attached hydrogens (primary N) is 1. The Morgan fingerprint density at radius 3 is 2.60 bits per heavy atom. The van der Waals surface area contributed by atoms with Gasteiger partial charge in [0.15, 0.2) is 0 Å². The minimum atomic E-state index is -0.530. The molecule has 15 heavy (non-hydrogen) atoms. The summed E-state index contributed by atoms with van der Waals surface area (Å²) in [6.07, 6.45) is 1.40. The largest absolute Gasteiger partial charge is 0.333 e. The molecule has 0 heterocycles. The smallest absolute Gasteiger partial charge is 0.129 e. The van der Waals surface area contributed by atoms with Crippen molar-refractivity contribution < 1.29 is 8.78 Å². The van der Waals surface area contributed by atoms with Crippen LogP contribution in [0.4, 0.5) is 8.78 Å². The Labute approximate surface area is 90.9 Å². The van der Waals surface area contributed by atoms with Crippen molar-refractivity contribution in [1.82, 2.24) is 0 Å². The number of hydrogen-bond acceptors (Lipinski definition) is 1. The van der Waals surface area contributed by atoms with Crippen LogP contribution in [-0.2, 0) is 6.42 Å². The highest BCUT2D eigenvalue weighted by molar-refractivity contribution is 6.58. The van der Waals surface area contributed by atoms with Crippen LogP contribution in [0.5, 0.6) is 0 Å². The fraction of sp³-hybridized carbons (Fsp3) is 0.455. The molecule has 0 aliphatic carbocycles. The lowest BCUT2D eigenvalue weighted by Crippen LogP contribution is -2.24. The van der Waals surface area contributed by atoms with Crippen LogP contribution >= 0.6 is 0 Å². The number of halogens is 2. The summed E-state index contributed by atoms with van der Waals surface area (Å²) in [7, 11) is -0.530. The zero-order chi connectivity index (χ0) is 11.3. The molecule has 0 fully saturated rings. The molecule has 1 aromatic carbocycles. The minimum absolute atomic E-state index is 0.440. The van der Waals surface area contributed by atoms with E-state index in [2.05, 4.69) is 6.92 Å². The van der Waals surface area contributed by atoms with Crippen LogP contribution in [0, 0.1) is 11.6 Å². The molecule has 0 atom stereocenters. The summed E-state index contributed by atoms with van der Waals surface area (Å²) >= 11 is 0. The molecule has 1 radical (unpaired) electrons. The quantitative estimate of drug-likeness (QED) is 0.770. The Morgan fingerprint density at radius 1 is 1.33 bits per heavy atom. The molecule has 0 aliphatic heterocycles. The summed E-state index contributed by atoms with van der Waals surface area (Å²) in [4.78, 5) is 0. The van der Waals surface area contributed by atoms with Gasteiger partial charge < -0.3 is 5.73 Å². The average Bonchev–Trinajstić information content (AvgIpc) is 2.22. The molecule has 1 nitrogen and oxygen atoms in total. The maximum atomic E-state index is 13.2. The van der Waals surface area contributed by atoms with Crippen molar-refractivity contribution in [3.8, 4) is 0 Å². The van der Waals surface area contributed by atoms with Gasteiger partial charge in [-0.3, -0.25) is 0 Å². The molecule has 0 unspecified atom stereocenters. The van der Waals surface area contributed by atoms with Crippen molar-refractivity contribution in [2.75, 3.05) is 6.17 Å². The zero-order valence-electron chi connectivity index (χ0n) is 8.89. The van der Waals surface area contributed by atoms with Crippen LogP contribution in [0.1, 0.15) is 12.5 Å². The lowest BCUT2D eigenvalue weighted by Gasteiger charge is -2.10. The van der Waals surface area contributed by atoms with E-state index in [4.69, 9.17) is 5.73 Å². The summed E-state index contributed by atoms with van der Waals surface area (Å²) in [5.41, 5.74) is 6.20. The lowest BCUT2D eigenvalue weighted by atomic mass is 10.1. The van der Waals surface area contributed by atoms with Crippen LogP contribution in [-0.4, -0.2) is 15.0 Å². The average molecular weight is 228 g/mol. The SMILES string of the molecule is CC[Si](CN)CCc1ccc(F)cc1F. The molecule has 1 rings (SSSR count). The molecule has 0 amide bonds. The monoisotopic (exact) mass is 228 g/mol. The molecule has 4 heteroatoms. The normalized spacial score (nSPS) is 11.0. The van der Waals surface area contributed by atoms with Crippen LogP contribution in [0.2, 0.25) is 12.1 Å². The van der Waals surface area contributed by atoms with E-state index in [0.29, 0.717) is 12.0 Å². The maximum Gasteiger partial charge on any atom is 0.129 e. The maximum absolute atomic E-state index is 13.2. The molecule has 0 aliphatic rings. The van der Waals surface area contributed by atoms with Gasteiger partial charge in [-0.2, -0.15) is 0 Å². The second-order valence-corrected chi connectivity index (χ2v) is 6.66. The Kier molecular flexibility index (Phi) is 4.91. The van der Waals surface area contributed by atoms with Crippen molar-refractivity contribution in [1.29, 1.82) is 0 Å². The standard InChI is InChI=1S/C11H16F2NSi/c1-2-15(8-14)6-5-9-3-4-10(12)7-11(9)13/h3-4,7H,2,5-6,8,14H2,1H3. The molecule has 1 aromatic rings. The van der Waals surface area contributed by atoms with E-state index in [-0.39, 0.29) is 0 Å². The van der Waals surface area contributed by atoms with Gasteiger partial charge in [-0.1, -0.05) is 25.1 Å². The van der Waals surface area contributed by atoms with Gasteiger partial charge in [0.2, 0.25) is 0 Å². The number of benzene rings is 1. The molecule has 0 aromatic heterocycles. The third-order valence-electron chi connectivity index (χ3n) is 2.55. The highest BCUT2D eigenvalue weighted by atomic mass is 28.3. The molecule has 0 saturated heterocycles. The Hall–Kier alpha value is -0.743. The number of aryl methyl sites for hydroxylation is 1. The second kappa shape index (κ2) is 5.98. The van der Waals surface area contributed by atoms with Gasteiger partial charge in [0.1, 0.15) is 11.6 Å². The highest BCUT2D eigenvalue weighted by Gasteiger charge is 2.09. The minimum Gasteiger partial charge on any atom is -0.333 e. The van der Waals surface area contributed by atoms with E-state index in [9.17, 15) is 8.78 Å². The Morgan fingerprint density at radius 2 is 2.07 bits per heavy atom.